The summed E-state index contributed by atoms with van der Waals surface area (Å²) in [5, 5.41) is 3.73. The molecule has 4 bridgehead atoms. The third-order valence-corrected chi connectivity index (χ3v) is 7.83. The Morgan fingerprint density at radius 1 is 1.41 bits per heavy atom. The van der Waals surface area contributed by atoms with Gasteiger partial charge in [-0.2, -0.15) is 0 Å². The number of hydrogen-bond acceptors (Lipinski definition) is 6. The predicted octanol–water partition coefficient (Wildman–Crippen LogP) is 2.25. The van der Waals surface area contributed by atoms with E-state index in [1.165, 1.54) is 12.7 Å². The topological polar surface area (TPSA) is 60.0 Å². The standard InChI is InChI=1S/C21H24N2O4/c1-4-11-10-23-16-8-13(11)18(19(24)26-3)20-9-17(23)27-21(16,20)22-15-6-5-12(25-2)7-14(15)20/h4-7,13,16-18,22H,8-10H2,1-3H3/b11-4+/t13-,16-,17-,18+,20-,21-/m0/s1. The van der Waals surface area contributed by atoms with E-state index in [2.05, 4.69) is 35.3 Å². The molecule has 6 nitrogen and oxygen atoms in total. The molecule has 4 fully saturated rings. The summed E-state index contributed by atoms with van der Waals surface area (Å²) >= 11 is 0. The number of benzene rings is 1. The van der Waals surface area contributed by atoms with E-state index in [9.17, 15) is 4.79 Å². The van der Waals surface area contributed by atoms with Crippen LogP contribution in [0.4, 0.5) is 5.69 Å². The van der Waals surface area contributed by atoms with Crippen LogP contribution in [0, 0.1) is 11.8 Å². The quantitative estimate of drug-likeness (QED) is 0.638. The molecular formula is C21H24N2O4. The number of fused-ring (bicyclic) bond motifs is 4. The van der Waals surface area contributed by atoms with E-state index in [4.69, 9.17) is 14.2 Å². The summed E-state index contributed by atoms with van der Waals surface area (Å²) in [6, 6.07) is 6.39. The molecule has 0 radical (unpaired) electrons. The van der Waals surface area contributed by atoms with Gasteiger partial charge in [0.1, 0.15) is 12.0 Å². The Kier molecular flexibility index (Phi) is 2.87. The number of carbonyl (C=O) groups excluding carboxylic acids is 1. The van der Waals surface area contributed by atoms with Crippen LogP contribution in [0.2, 0.25) is 0 Å². The fraction of sp³-hybridized carbons (Fsp3) is 0.571. The van der Waals surface area contributed by atoms with Crippen LogP contribution in [0.15, 0.2) is 29.8 Å². The van der Waals surface area contributed by atoms with Crippen LogP contribution in [0.25, 0.3) is 0 Å². The molecule has 0 unspecified atom stereocenters. The van der Waals surface area contributed by atoms with Crippen molar-refractivity contribution in [1.82, 2.24) is 4.90 Å². The molecular weight excluding hydrogens is 344 g/mol. The lowest BCUT2D eigenvalue weighted by molar-refractivity contribution is -0.161. The average molecular weight is 368 g/mol. The lowest BCUT2D eigenvalue weighted by Gasteiger charge is -2.60. The van der Waals surface area contributed by atoms with Crippen molar-refractivity contribution in [2.45, 2.75) is 43.2 Å². The van der Waals surface area contributed by atoms with Gasteiger partial charge in [-0.15, -0.1) is 0 Å². The fourth-order valence-corrected chi connectivity index (χ4v) is 6.90. The maximum atomic E-state index is 13.2. The summed E-state index contributed by atoms with van der Waals surface area (Å²) in [7, 11) is 3.19. The molecule has 0 amide bonds. The minimum absolute atomic E-state index is 0.0326. The number of piperidine rings is 2. The van der Waals surface area contributed by atoms with Gasteiger partial charge in [-0.3, -0.25) is 9.69 Å². The molecule has 1 aliphatic carbocycles. The molecule has 5 aliphatic rings. The number of anilines is 1. The lowest BCUT2D eigenvalue weighted by Crippen LogP contribution is -2.73. The van der Waals surface area contributed by atoms with Crippen molar-refractivity contribution >= 4 is 11.7 Å². The zero-order valence-electron chi connectivity index (χ0n) is 15.8. The van der Waals surface area contributed by atoms with Crippen molar-refractivity contribution in [3.8, 4) is 5.75 Å². The van der Waals surface area contributed by atoms with Crippen LogP contribution in [0.3, 0.4) is 0 Å². The predicted molar refractivity (Wildman–Crippen MR) is 98.4 cm³/mol. The number of nitrogens with zero attached hydrogens (tertiary/aromatic N) is 1. The molecule has 142 valence electrons. The summed E-state index contributed by atoms with van der Waals surface area (Å²) < 4.78 is 17.6. The Morgan fingerprint density at radius 3 is 3.00 bits per heavy atom. The molecule has 4 aliphatic heterocycles. The molecule has 0 aromatic heterocycles. The Hall–Kier alpha value is -2.05. The van der Waals surface area contributed by atoms with E-state index in [0.717, 1.165) is 36.4 Å². The highest BCUT2D eigenvalue weighted by Gasteiger charge is 2.82. The van der Waals surface area contributed by atoms with Gasteiger partial charge in [-0.1, -0.05) is 11.6 Å². The largest absolute Gasteiger partial charge is 0.497 e. The fourth-order valence-electron chi connectivity index (χ4n) is 6.90. The third-order valence-electron chi connectivity index (χ3n) is 7.83. The number of allylic oxidation sites excluding steroid dienone is 1. The zero-order chi connectivity index (χ0) is 18.6. The van der Waals surface area contributed by atoms with Gasteiger partial charge in [-0.25, -0.2) is 0 Å². The first-order chi connectivity index (χ1) is 13.1. The van der Waals surface area contributed by atoms with Gasteiger partial charge in [0.15, 0.2) is 5.72 Å². The Labute approximate surface area is 158 Å². The minimum Gasteiger partial charge on any atom is -0.497 e. The van der Waals surface area contributed by atoms with Gasteiger partial charge in [0, 0.05) is 18.7 Å². The highest BCUT2D eigenvalue weighted by atomic mass is 16.6. The first-order valence-corrected chi connectivity index (χ1v) is 9.73. The van der Waals surface area contributed by atoms with E-state index in [0.29, 0.717) is 0 Å². The molecule has 1 saturated carbocycles. The number of methoxy groups -OCH3 is 2. The molecule has 27 heavy (non-hydrogen) atoms. The van der Waals surface area contributed by atoms with E-state index in [1.54, 1.807) is 7.11 Å². The molecule has 1 spiro atoms. The molecule has 1 N–H and O–H groups in total. The van der Waals surface area contributed by atoms with Crippen molar-refractivity contribution < 1.29 is 19.0 Å². The number of ether oxygens (including phenoxy) is 3. The summed E-state index contributed by atoms with van der Waals surface area (Å²) in [5.41, 5.74) is 2.56. The van der Waals surface area contributed by atoms with Crippen LogP contribution < -0.4 is 10.1 Å². The number of esters is 1. The number of hydrogen-bond donors (Lipinski definition) is 1. The van der Waals surface area contributed by atoms with Crippen molar-refractivity contribution in [3.05, 3.63) is 35.4 Å². The van der Waals surface area contributed by atoms with Gasteiger partial charge in [0.25, 0.3) is 0 Å². The molecule has 3 saturated heterocycles. The van der Waals surface area contributed by atoms with Crippen molar-refractivity contribution in [1.29, 1.82) is 0 Å². The van der Waals surface area contributed by atoms with Gasteiger partial charge in [0.05, 0.1) is 31.6 Å². The minimum atomic E-state index is -0.555. The van der Waals surface area contributed by atoms with E-state index in [1.807, 2.05) is 6.07 Å². The Balaban J connectivity index is 1.65. The first-order valence-electron chi connectivity index (χ1n) is 9.73. The normalized spacial score (nSPS) is 44.2. The maximum Gasteiger partial charge on any atom is 0.310 e. The zero-order valence-corrected chi connectivity index (χ0v) is 15.8. The van der Waals surface area contributed by atoms with Crippen LogP contribution in [0.5, 0.6) is 5.75 Å². The second kappa shape index (κ2) is 4.86. The van der Waals surface area contributed by atoms with Crippen molar-refractivity contribution in [3.63, 3.8) is 0 Å². The van der Waals surface area contributed by atoms with Gasteiger partial charge in [-0.05, 0) is 43.0 Å². The maximum absolute atomic E-state index is 13.2. The van der Waals surface area contributed by atoms with Crippen LogP contribution >= 0.6 is 0 Å². The lowest BCUT2D eigenvalue weighted by atomic mass is 9.49. The van der Waals surface area contributed by atoms with Gasteiger partial charge >= 0.3 is 5.97 Å². The first kappa shape index (κ1) is 16.0. The highest BCUT2D eigenvalue weighted by molar-refractivity contribution is 5.81. The van der Waals surface area contributed by atoms with Crippen molar-refractivity contribution in [2.24, 2.45) is 11.8 Å². The number of rotatable bonds is 2. The Morgan fingerprint density at radius 2 is 2.26 bits per heavy atom. The SMILES string of the molecule is C/C=C1\CN2[C@@H]3C[C@@]45c6cc(OC)ccc6N[C@]4(O3)[C@@H]2C[C@@H]1[C@@H]5C(=O)OC. The smallest absolute Gasteiger partial charge is 0.310 e. The summed E-state index contributed by atoms with van der Waals surface area (Å²) in [4.78, 5) is 15.7. The summed E-state index contributed by atoms with van der Waals surface area (Å²) in [6.45, 7) is 2.96. The van der Waals surface area contributed by atoms with E-state index in [-0.39, 0.29) is 30.1 Å². The molecule has 4 heterocycles. The van der Waals surface area contributed by atoms with E-state index >= 15 is 0 Å². The average Bonchev–Trinajstić information content (AvgIpc) is 3.29. The molecule has 1 aromatic rings. The molecule has 6 heteroatoms. The molecule has 6 rings (SSSR count). The summed E-state index contributed by atoms with van der Waals surface area (Å²) in [6.07, 6.45) is 3.96. The van der Waals surface area contributed by atoms with Crippen molar-refractivity contribution in [2.75, 3.05) is 26.1 Å². The van der Waals surface area contributed by atoms with E-state index < -0.39 is 11.1 Å². The van der Waals surface area contributed by atoms with Gasteiger partial charge < -0.3 is 19.5 Å². The third kappa shape index (κ3) is 1.53. The monoisotopic (exact) mass is 368 g/mol. The van der Waals surface area contributed by atoms with Crippen LogP contribution in [-0.4, -0.2) is 49.6 Å². The number of carbonyl (C=O) groups is 1. The van der Waals surface area contributed by atoms with Crippen LogP contribution in [-0.2, 0) is 19.7 Å². The second-order valence-electron chi connectivity index (χ2n) is 8.41. The van der Waals surface area contributed by atoms with Crippen LogP contribution in [0.1, 0.15) is 25.3 Å². The Bertz CT molecular complexity index is 898. The molecule has 1 aromatic carbocycles. The highest BCUT2D eigenvalue weighted by Crippen LogP contribution is 2.72. The summed E-state index contributed by atoms with van der Waals surface area (Å²) in [5.74, 6) is 0.628. The second-order valence-corrected chi connectivity index (χ2v) is 8.41. The molecule has 6 atom stereocenters. The number of nitrogens with one attached hydrogen (secondary N) is 1. The van der Waals surface area contributed by atoms with Gasteiger partial charge in [0.2, 0.25) is 0 Å².